The molecule has 9 aliphatic rings. The van der Waals surface area contributed by atoms with Crippen LogP contribution in [-0.2, 0) is 42.7 Å². The van der Waals surface area contributed by atoms with Crippen LogP contribution in [0, 0.1) is 50.2 Å². The van der Waals surface area contributed by atoms with Gasteiger partial charge in [0.1, 0.15) is 78.0 Å². The quantitative estimate of drug-likeness (QED) is 0.0731. The Kier molecular flexibility index (Phi) is 12.8. The zero-order valence-electron chi connectivity index (χ0n) is 39.0. The van der Waals surface area contributed by atoms with Crippen molar-refractivity contribution in [1.29, 1.82) is 0 Å². The first kappa shape index (κ1) is 50.0. The van der Waals surface area contributed by atoms with Crippen molar-refractivity contribution in [1.82, 2.24) is 0 Å². The Balaban J connectivity index is 1.02. The third-order valence-electron chi connectivity index (χ3n) is 19.2. The summed E-state index contributed by atoms with van der Waals surface area (Å²) in [5.74, 6) is -2.57. The fourth-order valence-electron chi connectivity index (χ4n) is 15.2. The van der Waals surface area contributed by atoms with Crippen molar-refractivity contribution in [3.05, 3.63) is 11.6 Å². The van der Waals surface area contributed by atoms with Crippen LogP contribution in [0.25, 0.3) is 0 Å². The van der Waals surface area contributed by atoms with Crippen molar-refractivity contribution in [3.63, 3.8) is 0 Å². The van der Waals surface area contributed by atoms with E-state index in [-0.39, 0.29) is 24.2 Å². The van der Waals surface area contributed by atoms with Gasteiger partial charge in [-0.1, -0.05) is 46.3 Å². The van der Waals surface area contributed by atoms with Crippen LogP contribution in [0.4, 0.5) is 0 Å². The molecule has 25 atom stereocenters. The summed E-state index contributed by atoms with van der Waals surface area (Å²) in [5, 5.41) is 119. The molecule has 9 rings (SSSR count). The van der Waals surface area contributed by atoms with Crippen molar-refractivity contribution in [3.8, 4) is 0 Å². The maximum atomic E-state index is 15.1. The number of allylic oxidation sites excluding steroid dienone is 2. The summed E-state index contributed by atoms with van der Waals surface area (Å²) in [6, 6.07) is 0. The molecule has 0 aromatic heterocycles. The Morgan fingerprint density at radius 1 is 0.761 bits per heavy atom. The maximum Gasteiger partial charge on any atom is 0.317 e. The zero-order chi connectivity index (χ0) is 48.7. The minimum absolute atomic E-state index is 0.131. The van der Waals surface area contributed by atoms with Crippen molar-refractivity contribution in [2.45, 2.75) is 197 Å². The zero-order valence-corrected chi connectivity index (χ0v) is 39.0. The third kappa shape index (κ3) is 7.12. The van der Waals surface area contributed by atoms with Gasteiger partial charge < -0.3 is 89.3 Å². The highest BCUT2D eigenvalue weighted by molar-refractivity contribution is 5.82. The fraction of sp³-hybridized carbons (Fsp3) is 0.915. The van der Waals surface area contributed by atoms with Crippen LogP contribution in [0.5, 0.6) is 0 Å². The van der Waals surface area contributed by atoms with Gasteiger partial charge in [-0.05, 0) is 97.7 Å². The second kappa shape index (κ2) is 17.1. The monoisotopic (exact) mass is 956 g/mol. The Morgan fingerprint density at radius 2 is 1.43 bits per heavy atom. The molecule has 0 aromatic carbocycles. The number of rotatable bonds is 8. The normalized spacial score (nSPS) is 55.8. The summed E-state index contributed by atoms with van der Waals surface area (Å²) >= 11 is 0. The molecule has 0 aromatic rings. The van der Waals surface area contributed by atoms with E-state index in [1.165, 1.54) is 6.92 Å². The van der Waals surface area contributed by atoms with Gasteiger partial charge in [0.05, 0.1) is 32.0 Å². The molecule has 0 spiro atoms. The summed E-state index contributed by atoms with van der Waals surface area (Å²) in [4.78, 5) is 29.3. The van der Waals surface area contributed by atoms with E-state index in [2.05, 4.69) is 40.7 Å². The third-order valence-corrected chi connectivity index (χ3v) is 19.2. The van der Waals surface area contributed by atoms with Crippen LogP contribution >= 0.6 is 0 Å². The van der Waals surface area contributed by atoms with Gasteiger partial charge in [-0.2, -0.15) is 0 Å². The molecule has 0 unspecified atom stereocenters. The molecule has 380 valence electrons. The highest BCUT2D eigenvalue weighted by atomic mass is 16.8. The minimum Gasteiger partial charge on any atom is -0.459 e. The Labute approximate surface area is 389 Å². The van der Waals surface area contributed by atoms with Crippen LogP contribution in [0.2, 0.25) is 0 Å². The van der Waals surface area contributed by atoms with E-state index in [4.69, 9.17) is 33.2 Å². The van der Waals surface area contributed by atoms with Gasteiger partial charge in [0, 0.05) is 0 Å². The topological polar surface area (TPSA) is 321 Å². The largest absolute Gasteiger partial charge is 0.459 e. The molecule has 2 bridgehead atoms. The molecule has 11 N–H and O–H groups in total. The van der Waals surface area contributed by atoms with Gasteiger partial charge in [-0.25, -0.2) is 0 Å². The molecule has 67 heavy (non-hydrogen) atoms. The fourth-order valence-corrected chi connectivity index (χ4v) is 15.2. The summed E-state index contributed by atoms with van der Waals surface area (Å²) in [6.07, 6.45) is -19.5. The first-order valence-electron chi connectivity index (χ1n) is 24.1. The SMILES string of the molecule is C[C@@H]1O[C@@H](O[C@H]2[C@H](OC(=O)[C@]34CCC(C)(C)C[C@H]3C3=CC[C@@H]5[C@@]6(C)C[C@@H]7OC(=O)[C@@](CO)([C@@H]6CC[C@@]5(C)[C@]3(C)C[C@H]4O)[C@H]7O[C@@H]3O[C@H](CO)[C@@H](O)[C@H](O)[C@H]3O)OC[C@H](O)[C@H]2O)[C@H](O)[C@H](O)[C@H]1O. The number of esters is 2. The molecule has 5 aliphatic carbocycles. The second-order valence-electron chi connectivity index (χ2n) is 23.0. The number of fused-ring (bicyclic) bond motifs is 10. The Morgan fingerprint density at radius 3 is 2.10 bits per heavy atom. The number of carbonyl (C=O) groups is 2. The van der Waals surface area contributed by atoms with Crippen molar-refractivity contribution < 1.29 is 98.9 Å². The second-order valence-corrected chi connectivity index (χ2v) is 23.0. The lowest BCUT2D eigenvalue weighted by Gasteiger charge is -2.71. The average Bonchev–Trinajstić information content (AvgIpc) is 3.47. The molecule has 20 nitrogen and oxygen atoms in total. The smallest absolute Gasteiger partial charge is 0.317 e. The Hall–Kier alpha value is -1.96. The molecule has 4 aliphatic heterocycles. The predicted molar refractivity (Wildman–Crippen MR) is 225 cm³/mol. The molecule has 20 heteroatoms. The van der Waals surface area contributed by atoms with E-state index in [0.717, 1.165) is 5.57 Å². The van der Waals surface area contributed by atoms with Crippen molar-refractivity contribution in [2.75, 3.05) is 19.8 Å². The van der Waals surface area contributed by atoms with E-state index in [1.807, 2.05) is 0 Å². The van der Waals surface area contributed by atoms with E-state index in [1.54, 1.807) is 0 Å². The van der Waals surface area contributed by atoms with Gasteiger partial charge >= 0.3 is 11.9 Å². The molecular formula is C47H72O20. The van der Waals surface area contributed by atoms with Crippen LogP contribution < -0.4 is 0 Å². The molecule has 4 heterocycles. The van der Waals surface area contributed by atoms with Gasteiger partial charge in [0.25, 0.3) is 0 Å². The van der Waals surface area contributed by atoms with Crippen molar-refractivity contribution in [2.24, 2.45) is 50.2 Å². The average molecular weight is 957 g/mol. The first-order chi connectivity index (χ1) is 31.4. The summed E-state index contributed by atoms with van der Waals surface area (Å²) in [7, 11) is 0. The highest BCUT2D eigenvalue weighted by Gasteiger charge is 2.77. The minimum atomic E-state index is -1.77. The predicted octanol–water partition coefficient (Wildman–Crippen LogP) is -1.73. The molecular weight excluding hydrogens is 884 g/mol. The van der Waals surface area contributed by atoms with Gasteiger partial charge in [0.2, 0.25) is 6.29 Å². The molecule has 0 amide bonds. The lowest BCUT2D eigenvalue weighted by Crippen LogP contribution is -2.70. The van der Waals surface area contributed by atoms with E-state index in [9.17, 15) is 61.0 Å². The molecule has 0 radical (unpaired) electrons. The Bertz CT molecular complexity index is 1930. The number of hydrogen-bond acceptors (Lipinski definition) is 20. The number of carbonyl (C=O) groups excluding carboxylic acids is 2. The van der Waals surface area contributed by atoms with Gasteiger partial charge in [-0.15, -0.1) is 0 Å². The van der Waals surface area contributed by atoms with Gasteiger partial charge in [-0.3, -0.25) is 9.59 Å². The van der Waals surface area contributed by atoms with Gasteiger partial charge in [0.15, 0.2) is 18.7 Å². The van der Waals surface area contributed by atoms with E-state index in [0.29, 0.717) is 38.5 Å². The standard InChI is InChI=1S/C47H72O20/c1-19-28(52)31(55)33(57)37(62-19)65-35-29(53)22(50)17-61-39(35)67-40(59)46-12-11-42(2,3)13-21(46)20-7-8-25-43(4)14-23-36(66-38-34(58)32(56)30(54)24(16-48)63-38)47(18-49,41(60)64-23)26(43)9-10-44(25,5)45(20,6)15-27(46)51/h7,19,21-39,48-58H,8-18H2,1-6H3/t19-,21-,22-,23-,24+,25+,26+,27+,28-,29+,30+,31+,32-,33+,34+,35+,36-,37-,38-,39-,43+,44+,45+,46+,47-/m0/s1. The lowest BCUT2D eigenvalue weighted by molar-refractivity contribution is -0.350. The summed E-state index contributed by atoms with van der Waals surface area (Å²) < 4.78 is 41.6. The van der Waals surface area contributed by atoms with Crippen LogP contribution in [0.3, 0.4) is 0 Å². The number of aliphatic hydroxyl groups is 11. The van der Waals surface area contributed by atoms with Crippen LogP contribution in [-0.4, -0.2) is 192 Å². The summed E-state index contributed by atoms with van der Waals surface area (Å²) in [6.45, 7) is 10.4. The number of ether oxygens (including phenoxy) is 7. The molecule has 4 saturated heterocycles. The number of hydrogen-bond donors (Lipinski definition) is 11. The number of aliphatic hydroxyl groups excluding tert-OH is 11. The van der Waals surface area contributed by atoms with Crippen LogP contribution in [0.1, 0.15) is 92.9 Å². The maximum absolute atomic E-state index is 15.1. The van der Waals surface area contributed by atoms with Crippen molar-refractivity contribution >= 4 is 11.9 Å². The molecule has 4 saturated carbocycles. The summed E-state index contributed by atoms with van der Waals surface area (Å²) in [5.41, 5.74) is -4.20. The highest BCUT2D eigenvalue weighted by Crippen LogP contribution is 2.77. The van der Waals surface area contributed by atoms with Crippen LogP contribution in [0.15, 0.2) is 11.6 Å². The lowest BCUT2D eigenvalue weighted by atomic mass is 9.33. The molecule has 8 fully saturated rings. The van der Waals surface area contributed by atoms with E-state index >= 15 is 4.79 Å². The van der Waals surface area contributed by atoms with E-state index < -0.39 is 175 Å². The first-order valence-corrected chi connectivity index (χ1v) is 24.1.